The van der Waals surface area contributed by atoms with Crippen molar-refractivity contribution >= 4 is 48.4 Å². The minimum atomic E-state index is 0.661. The smallest absolute Gasteiger partial charge is 0.234 e. The molecule has 0 spiro atoms. The topological polar surface area (TPSA) is 30.7 Å². The predicted octanol–water partition coefficient (Wildman–Crippen LogP) is 8.82. The van der Waals surface area contributed by atoms with E-state index in [4.69, 9.17) is 9.97 Å². The van der Waals surface area contributed by atoms with Crippen LogP contribution in [0.5, 0.6) is 0 Å². The minimum Gasteiger partial charge on any atom is -0.292 e. The number of halogens is 1. The summed E-state index contributed by atoms with van der Waals surface area (Å²) in [5.41, 5.74) is 5.35. The Morgan fingerprint density at radius 3 is 2.17 bits per heavy atom. The number of para-hydroxylation sites is 1. The van der Waals surface area contributed by atoms with Gasteiger partial charge in [-0.3, -0.25) is 4.57 Å². The molecule has 0 amide bonds. The van der Waals surface area contributed by atoms with E-state index in [-0.39, 0.29) is 0 Å². The molecule has 7 rings (SSSR count). The van der Waals surface area contributed by atoms with Crippen LogP contribution < -0.4 is 0 Å². The molecular formula is C32H20BrN3. The molecule has 0 aliphatic rings. The third-order valence-corrected chi connectivity index (χ3v) is 7.18. The van der Waals surface area contributed by atoms with E-state index < -0.39 is 0 Å². The van der Waals surface area contributed by atoms with Crippen LogP contribution in [-0.4, -0.2) is 14.5 Å². The molecule has 0 fully saturated rings. The van der Waals surface area contributed by atoms with Crippen LogP contribution in [0.1, 0.15) is 0 Å². The molecule has 0 atom stereocenters. The molecule has 0 N–H and O–H groups in total. The molecule has 0 saturated heterocycles. The lowest BCUT2D eigenvalue weighted by Crippen LogP contribution is -2.01. The van der Waals surface area contributed by atoms with Gasteiger partial charge in [-0.2, -0.15) is 0 Å². The Balaban J connectivity index is 1.36. The second kappa shape index (κ2) is 8.43. The summed E-state index contributed by atoms with van der Waals surface area (Å²) in [7, 11) is 0. The van der Waals surface area contributed by atoms with Gasteiger partial charge in [0.25, 0.3) is 0 Å². The third kappa shape index (κ3) is 3.58. The predicted molar refractivity (Wildman–Crippen MR) is 152 cm³/mol. The number of hydrogen-bond donors (Lipinski definition) is 0. The summed E-state index contributed by atoms with van der Waals surface area (Å²) in [5.74, 6) is 0.661. The van der Waals surface area contributed by atoms with Gasteiger partial charge in [0, 0.05) is 33.2 Å². The van der Waals surface area contributed by atoms with Crippen molar-refractivity contribution in [3.63, 3.8) is 0 Å². The van der Waals surface area contributed by atoms with Crippen molar-refractivity contribution in [3.05, 3.63) is 126 Å². The average molecular weight is 526 g/mol. The summed E-state index contributed by atoms with van der Waals surface area (Å²) in [4.78, 5) is 9.94. The lowest BCUT2D eigenvalue weighted by atomic mass is 9.96. The highest BCUT2D eigenvalue weighted by atomic mass is 79.9. The number of rotatable bonds is 3. The monoisotopic (exact) mass is 525 g/mol. The largest absolute Gasteiger partial charge is 0.292 e. The number of aromatic nitrogens is 3. The van der Waals surface area contributed by atoms with Gasteiger partial charge in [0.1, 0.15) is 0 Å². The van der Waals surface area contributed by atoms with E-state index >= 15 is 0 Å². The quantitative estimate of drug-likeness (QED) is 0.230. The summed E-state index contributed by atoms with van der Waals surface area (Å²) in [6.45, 7) is 0. The zero-order chi connectivity index (χ0) is 24.1. The van der Waals surface area contributed by atoms with Crippen LogP contribution in [0.4, 0.5) is 0 Å². The van der Waals surface area contributed by atoms with Crippen LogP contribution >= 0.6 is 15.9 Å². The van der Waals surface area contributed by atoms with E-state index in [9.17, 15) is 0 Å². The van der Waals surface area contributed by atoms with Gasteiger partial charge in [0.15, 0.2) is 0 Å². The Labute approximate surface area is 216 Å². The lowest BCUT2D eigenvalue weighted by molar-refractivity contribution is 0.959. The number of nitrogens with zero attached hydrogens (tertiary/aromatic N) is 3. The van der Waals surface area contributed by atoms with Crippen molar-refractivity contribution < 1.29 is 0 Å². The molecular weight excluding hydrogens is 506 g/mol. The van der Waals surface area contributed by atoms with Gasteiger partial charge >= 0.3 is 0 Å². The molecule has 0 bridgehead atoms. The standard InChI is InChI=1S/C32H20BrN3/c33-26-17-16-24-19-36(20-25(24)18-26)32-34-30-11-4-3-9-29(30)31(35-32)23-14-12-22(13-15-23)28-10-5-7-21-6-1-2-8-27(21)28/h1-20H. The van der Waals surface area contributed by atoms with E-state index in [0.717, 1.165) is 37.4 Å². The van der Waals surface area contributed by atoms with Crippen LogP contribution in [-0.2, 0) is 0 Å². The number of fused-ring (bicyclic) bond motifs is 3. The molecule has 0 radical (unpaired) electrons. The number of hydrogen-bond acceptors (Lipinski definition) is 2. The molecule has 5 aromatic carbocycles. The van der Waals surface area contributed by atoms with Crippen LogP contribution in [0.15, 0.2) is 126 Å². The fourth-order valence-corrected chi connectivity index (χ4v) is 5.29. The van der Waals surface area contributed by atoms with Crippen molar-refractivity contribution in [1.29, 1.82) is 0 Å². The molecule has 4 heteroatoms. The molecule has 36 heavy (non-hydrogen) atoms. The highest BCUT2D eigenvalue weighted by Gasteiger charge is 2.13. The first-order valence-electron chi connectivity index (χ1n) is 11.9. The summed E-state index contributed by atoms with van der Waals surface area (Å²) < 4.78 is 3.07. The normalized spacial score (nSPS) is 11.5. The molecule has 3 nitrogen and oxygen atoms in total. The third-order valence-electron chi connectivity index (χ3n) is 6.69. The fourth-order valence-electron chi connectivity index (χ4n) is 4.91. The van der Waals surface area contributed by atoms with Gasteiger partial charge in [0.2, 0.25) is 5.95 Å². The SMILES string of the molecule is Brc1ccc2cn(-c3nc(-c4ccc(-c5cccc6ccccc56)cc4)c4ccccc4n3)cc2c1. The van der Waals surface area contributed by atoms with Gasteiger partial charge in [-0.15, -0.1) is 0 Å². The minimum absolute atomic E-state index is 0.661. The molecule has 0 saturated carbocycles. The van der Waals surface area contributed by atoms with Gasteiger partial charge in [-0.05, 0) is 45.5 Å². The molecule has 0 unspecified atom stereocenters. The molecule has 2 heterocycles. The van der Waals surface area contributed by atoms with Gasteiger partial charge < -0.3 is 0 Å². The highest BCUT2D eigenvalue weighted by molar-refractivity contribution is 9.10. The first-order chi connectivity index (χ1) is 17.7. The first-order valence-corrected chi connectivity index (χ1v) is 12.7. The Hall–Kier alpha value is -4.28. The molecule has 0 aliphatic heterocycles. The summed E-state index contributed by atoms with van der Waals surface area (Å²) in [6, 6.07) is 38.2. The van der Waals surface area contributed by atoms with Crippen LogP contribution in [0.3, 0.4) is 0 Å². The van der Waals surface area contributed by atoms with Crippen LogP contribution in [0.2, 0.25) is 0 Å². The van der Waals surface area contributed by atoms with Crippen molar-refractivity contribution in [1.82, 2.24) is 14.5 Å². The van der Waals surface area contributed by atoms with Gasteiger partial charge in [-0.25, -0.2) is 9.97 Å². The maximum Gasteiger partial charge on any atom is 0.234 e. The van der Waals surface area contributed by atoms with E-state index in [1.54, 1.807) is 0 Å². The second-order valence-corrected chi connectivity index (χ2v) is 9.85. The van der Waals surface area contributed by atoms with Crippen LogP contribution in [0.25, 0.3) is 60.8 Å². The Kier molecular flexibility index (Phi) is 4.93. The Morgan fingerprint density at radius 1 is 0.556 bits per heavy atom. The van der Waals surface area contributed by atoms with E-state index in [1.165, 1.54) is 21.9 Å². The summed E-state index contributed by atoms with van der Waals surface area (Å²) in [6.07, 6.45) is 4.16. The van der Waals surface area contributed by atoms with Gasteiger partial charge in [-0.1, -0.05) is 107 Å². The lowest BCUT2D eigenvalue weighted by Gasteiger charge is -2.11. The zero-order valence-corrected chi connectivity index (χ0v) is 20.9. The van der Waals surface area contributed by atoms with Gasteiger partial charge in [0.05, 0.1) is 11.2 Å². The molecule has 0 aliphatic carbocycles. The van der Waals surface area contributed by atoms with E-state index in [0.29, 0.717) is 5.95 Å². The maximum absolute atomic E-state index is 5.05. The fraction of sp³-hybridized carbons (Fsp3) is 0. The summed E-state index contributed by atoms with van der Waals surface area (Å²) >= 11 is 3.57. The Morgan fingerprint density at radius 2 is 1.28 bits per heavy atom. The molecule has 7 aromatic rings. The van der Waals surface area contributed by atoms with Crippen molar-refractivity contribution in [2.24, 2.45) is 0 Å². The highest BCUT2D eigenvalue weighted by Crippen LogP contribution is 2.32. The maximum atomic E-state index is 5.05. The summed E-state index contributed by atoms with van der Waals surface area (Å²) in [5, 5.41) is 5.84. The van der Waals surface area contributed by atoms with E-state index in [2.05, 4.69) is 119 Å². The molecule has 2 aromatic heterocycles. The first kappa shape index (κ1) is 21.0. The van der Waals surface area contributed by atoms with E-state index in [1.807, 2.05) is 22.8 Å². The van der Waals surface area contributed by atoms with Crippen LogP contribution in [0, 0.1) is 0 Å². The number of benzene rings is 5. The van der Waals surface area contributed by atoms with Crippen molar-refractivity contribution in [3.8, 4) is 28.3 Å². The van der Waals surface area contributed by atoms with Crippen molar-refractivity contribution in [2.75, 3.05) is 0 Å². The van der Waals surface area contributed by atoms with Crippen molar-refractivity contribution in [2.45, 2.75) is 0 Å². The average Bonchev–Trinajstić information content (AvgIpc) is 3.36. The second-order valence-electron chi connectivity index (χ2n) is 8.93. The zero-order valence-electron chi connectivity index (χ0n) is 19.3. The Bertz CT molecular complexity index is 1900. The molecule has 170 valence electrons.